The zero-order valence-electron chi connectivity index (χ0n) is 22.9. The number of hydrogen-bond donors (Lipinski definition) is 0. The molecular formula is C32H29BBr2F4N2O. The molecule has 0 aromatic heterocycles. The van der Waals surface area contributed by atoms with E-state index in [2.05, 4.69) is 128 Å². The minimum atomic E-state index is -6.00. The molecule has 4 rings (SSSR count). The van der Waals surface area contributed by atoms with Crippen LogP contribution in [-0.2, 0) is 4.74 Å². The Labute approximate surface area is 261 Å². The largest absolute Gasteiger partial charge is 0.673 e. The molecule has 0 spiro atoms. The van der Waals surface area contributed by atoms with Crippen LogP contribution in [0.2, 0.25) is 0 Å². The highest BCUT2D eigenvalue weighted by molar-refractivity contribution is 9.10. The zero-order chi connectivity index (χ0) is 30.5. The van der Waals surface area contributed by atoms with Crippen LogP contribution in [0.15, 0.2) is 117 Å². The standard InChI is InChI=1S/C32H29Br2N2O.BF4/c1-36(21-5-3-2-4-20-35)30-17-6-24(7-18-30)8-19-31-22-27(25-9-13-28(33)14-10-25)23-32(37-31)26-11-15-29(34)16-12-26;2-1(3,4)5/h6-19,22-23H,2-5,21H2,1H3;/q+1;-1. The quantitative estimate of drug-likeness (QED) is 0.119. The summed E-state index contributed by atoms with van der Waals surface area (Å²) in [5.74, 6) is 1.61. The second-order valence-electron chi connectivity index (χ2n) is 9.44. The van der Waals surface area contributed by atoms with Gasteiger partial charge >= 0.3 is 7.25 Å². The molecular weight excluding hydrogens is 675 g/mol. The number of rotatable bonds is 8. The Morgan fingerprint density at radius 2 is 1.38 bits per heavy atom. The SMILES string of the molecule is C[N+](CCCCCC#N)=C1C=CC(=CC=C2C=C(c3ccc(Br)cc3)C=C(c3ccc(Br)cc3)O2)C=C1.F[B-](F)(F)F. The Hall–Kier alpha value is -3.42. The van der Waals surface area contributed by atoms with Crippen LogP contribution in [0, 0.1) is 11.3 Å². The first-order valence-electron chi connectivity index (χ1n) is 13.3. The molecule has 0 amide bonds. The number of benzene rings is 2. The van der Waals surface area contributed by atoms with Gasteiger partial charge in [-0.05, 0) is 84.2 Å². The molecule has 0 bridgehead atoms. The van der Waals surface area contributed by atoms with Crippen molar-refractivity contribution in [3.8, 4) is 6.07 Å². The van der Waals surface area contributed by atoms with E-state index in [1.165, 1.54) is 5.71 Å². The number of ether oxygens (including phenoxy) is 1. The summed E-state index contributed by atoms with van der Waals surface area (Å²) in [6.45, 7) is 0.987. The number of halogens is 6. The minimum Gasteiger partial charge on any atom is -0.457 e. The van der Waals surface area contributed by atoms with Crippen molar-refractivity contribution in [2.75, 3.05) is 13.6 Å². The van der Waals surface area contributed by atoms with Crippen LogP contribution in [0.4, 0.5) is 17.3 Å². The van der Waals surface area contributed by atoms with Crippen molar-refractivity contribution in [2.45, 2.75) is 25.7 Å². The molecule has 10 heteroatoms. The Morgan fingerprint density at radius 1 is 0.810 bits per heavy atom. The molecule has 3 nitrogen and oxygen atoms in total. The number of unbranched alkanes of at least 4 members (excludes halogenated alkanes) is 3. The Morgan fingerprint density at radius 3 is 1.95 bits per heavy atom. The highest BCUT2D eigenvalue weighted by Gasteiger charge is 2.20. The summed E-state index contributed by atoms with van der Waals surface area (Å²) in [7, 11) is -3.88. The van der Waals surface area contributed by atoms with Gasteiger partial charge in [-0.25, -0.2) is 4.58 Å². The van der Waals surface area contributed by atoms with Gasteiger partial charge in [-0.15, -0.1) is 0 Å². The van der Waals surface area contributed by atoms with Crippen molar-refractivity contribution in [1.82, 2.24) is 0 Å². The first kappa shape index (κ1) is 33.1. The lowest BCUT2D eigenvalue weighted by Crippen LogP contribution is -2.16. The topological polar surface area (TPSA) is 36.0 Å². The fraction of sp³-hybridized carbons (Fsp3) is 0.188. The van der Waals surface area contributed by atoms with Crippen molar-refractivity contribution in [2.24, 2.45) is 0 Å². The summed E-state index contributed by atoms with van der Waals surface area (Å²) >= 11 is 7.04. The van der Waals surface area contributed by atoms with E-state index in [1.807, 2.05) is 18.2 Å². The van der Waals surface area contributed by atoms with Crippen molar-refractivity contribution in [1.29, 1.82) is 5.26 Å². The average molecular weight is 704 g/mol. The first-order chi connectivity index (χ1) is 20.0. The molecule has 2 aromatic carbocycles. The maximum absolute atomic E-state index is 9.75. The van der Waals surface area contributed by atoms with E-state index in [0.29, 0.717) is 6.42 Å². The molecule has 0 N–H and O–H groups in total. The zero-order valence-corrected chi connectivity index (χ0v) is 26.1. The summed E-state index contributed by atoms with van der Waals surface area (Å²) in [6, 6.07) is 18.7. The molecule has 218 valence electrons. The van der Waals surface area contributed by atoms with Gasteiger partial charge in [-0.3, -0.25) is 0 Å². The molecule has 2 aromatic rings. The van der Waals surface area contributed by atoms with Crippen molar-refractivity contribution in [3.05, 3.63) is 129 Å². The van der Waals surface area contributed by atoms with Crippen molar-refractivity contribution in [3.63, 3.8) is 0 Å². The molecule has 0 atom stereocenters. The average Bonchev–Trinajstić information content (AvgIpc) is 2.96. The fourth-order valence-electron chi connectivity index (χ4n) is 4.05. The monoisotopic (exact) mass is 702 g/mol. The third kappa shape index (κ3) is 11.8. The van der Waals surface area contributed by atoms with Crippen LogP contribution >= 0.6 is 31.9 Å². The molecule has 0 unspecified atom stereocenters. The summed E-state index contributed by atoms with van der Waals surface area (Å²) in [5.41, 5.74) is 5.56. The Kier molecular flexibility index (Phi) is 12.8. The summed E-state index contributed by atoms with van der Waals surface area (Å²) in [4.78, 5) is 0. The van der Waals surface area contributed by atoms with Gasteiger partial charge in [-0.1, -0.05) is 62.2 Å². The maximum atomic E-state index is 9.75. The smallest absolute Gasteiger partial charge is 0.457 e. The molecule has 1 heterocycles. The van der Waals surface area contributed by atoms with E-state index < -0.39 is 7.25 Å². The van der Waals surface area contributed by atoms with Crippen LogP contribution < -0.4 is 0 Å². The number of allylic oxidation sites excluding steroid dienone is 10. The van der Waals surface area contributed by atoms with Gasteiger partial charge in [0, 0.05) is 39.5 Å². The first-order valence-corrected chi connectivity index (χ1v) is 14.8. The Bertz CT molecular complexity index is 1470. The highest BCUT2D eigenvalue weighted by Crippen LogP contribution is 2.33. The van der Waals surface area contributed by atoms with Crippen LogP contribution in [0.3, 0.4) is 0 Å². The van der Waals surface area contributed by atoms with E-state index in [-0.39, 0.29) is 0 Å². The second kappa shape index (κ2) is 16.3. The van der Waals surface area contributed by atoms with Crippen LogP contribution in [0.5, 0.6) is 0 Å². The summed E-state index contributed by atoms with van der Waals surface area (Å²) < 4.78 is 49.7. The van der Waals surface area contributed by atoms with Crippen LogP contribution in [-0.4, -0.2) is 31.1 Å². The van der Waals surface area contributed by atoms with Gasteiger partial charge in [0.05, 0.1) is 6.07 Å². The number of hydrogen-bond acceptors (Lipinski definition) is 2. The molecule has 2 aliphatic rings. The van der Waals surface area contributed by atoms with Crippen LogP contribution in [0.1, 0.15) is 36.8 Å². The lowest BCUT2D eigenvalue weighted by atomic mass is 10.0. The van der Waals surface area contributed by atoms with E-state index in [0.717, 1.165) is 68.5 Å². The maximum Gasteiger partial charge on any atom is 0.673 e. The van der Waals surface area contributed by atoms with E-state index >= 15 is 0 Å². The molecule has 42 heavy (non-hydrogen) atoms. The molecule has 1 aliphatic heterocycles. The predicted octanol–water partition coefficient (Wildman–Crippen LogP) is 10.1. The lowest BCUT2D eigenvalue weighted by Gasteiger charge is -2.18. The van der Waals surface area contributed by atoms with Gasteiger partial charge in [-0.2, -0.15) is 5.26 Å². The van der Waals surface area contributed by atoms with Crippen molar-refractivity contribution >= 4 is 56.2 Å². The van der Waals surface area contributed by atoms with E-state index in [1.54, 1.807) is 0 Å². The van der Waals surface area contributed by atoms with Crippen molar-refractivity contribution < 1.29 is 26.6 Å². The summed E-state index contributed by atoms with van der Waals surface area (Å²) in [5, 5.41) is 8.67. The van der Waals surface area contributed by atoms with Gasteiger partial charge < -0.3 is 22.0 Å². The predicted molar refractivity (Wildman–Crippen MR) is 170 cm³/mol. The molecule has 1 aliphatic carbocycles. The number of nitriles is 1. The van der Waals surface area contributed by atoms with Gasteiger partial charge in [0.2, 0.25) is 0 Å². The fourth-order valence-corrected chi connectivity index (χ4v) is 4.58. The number of nitrogens with zero attached hydrogens (tertiary/aromatic N) is 2. The van der Waals surface area contributed by atoms with E-state index in [4.69, 9.17) is 10.00 Å². The Balaban J connectivity index is 0.000000892. The third-order valence-corrected chi connectivity index (χ3v) is 7.23. The summed E-state index contributed by atoms with van der Waals surface area (Å²) in [6.07, 6.45) is 20.7. The van der Waals surface area contributed by atoms with Gasteiger partial charge in [0.15, 0.2) is 5.71 Å². The van der Waals surface area contributed by atoms with Crippen LogP contribution in [0.25, 0.3) is 11.3 Å². The molecule has 0 fully saturated rings. The minimum absolute atomic E-state index is 0.647. The third-order valence-electron chi connectivity index (χ3n) is 6.17. The lowest BCUT2D eigenvalue weighted by molar-refractivity contribution is -0.496. The molecule has 0 saturated heterocycles. The highest BCUT2D eigenvalue weighted by atomic mass is 79.9. The van der Waals surface area contributed by atoms with Gasteiger partial charge in [0.25, 0.3) is 0 Å². The normalized spacial score (nSPS) is 15.2. The van der Waals surface area contributed by atoms with Gasteiger partial charge in [0.1, 0.15) is 25.1 Å². The van der Waals surface area contributed by atoms with E-state index in [9.17, 15) is 17.3 Å². The molecule has 0 saturated carbocycles. The molecule has 0 radical (unpaired) electrons. The second-order valence-corrected chi connectivity index (χ2v) is 11.3.